The summed E-state index contributed by atoms with van der Waals surface area (Å²) in [5.74, 6) is -0.994. The molecule has 0 radical (unpaired) electrons. The molecule has 1 heterocycles. The molecule has 9 heteroatoms. The minimum absolute atomic E-state index is 0.0457. The number of para-hydroxylation sites is 1. The van der Waals surface area contributed by atoms with Gasteiger partial charge in [-0.3, -0.25) is 9.59 Å². The van der Waals surface area contributed by atoms with Crippen molar-refractivity contribution in [3.8, 4) is 5.69 Å². The molecule has 4 aromatic rings. The molecule has 0 aliphatic carbocycles. The summed E-state index contributed by atoms with van der Waals surface area (Å²) in [6.07, 6.45) is 3.06. The molecule has 0 bridgehead atoms. The molecule has 0 aliphatic heterocycles. The second-order valence-electron chi connectivity index (χ2n) is 8.88. The monoisotopic (exact) mass is 554 g/mol. The minimum atomic E-state index is -0.586. The molecule has 0 unspecified atom stereocenters. The molecule has 0 fully saturated rings. The number of carbonyl (C=O) groups is 2. The predicted molar refractivity (Wildman–Crippen MR) is 161 cm³/mol. The SMILES string of the molecule is CCN(CC)c1ccc(/C=C(\NC(=O)c2ccccc2)C(=O)NN=Cc2c(C)nn(-c3ccccc3)c2Cl)cc1. The number of hydrogen-bond donors (Lipinski definition) is 2. The molecule has 1 aromatic heterocycles. The Balaban J connectivity index is 1.56. The summed E-state index contributed by atoms with van der Waals surface area (Å²) in [7, 11) is 0. The molecule has 0 atom stereocenters. The molecule has 0 spiro atoms. The smallest absolute Gasteiger partial charge is 0.287 e. The fourth-order valence-corrected chi connectivity index (χ4v) is 4.41. The highest BCUT2D eigenvalue weighted by atomic mass is 35.5. The van der Waals surface area contributed by atoms with Crippen LogP contribution in [0.15, 0.2) is 95.7 Å². The number of hydrazone groups is 1. The molecule has 0 saturated carbocycles. The maximum absolute atomic E-state index is 13.2. The summed E-state index contributed by atoms with van der Waals surface area (Å²) in [4.78, 5) is 28.3. The Morgan fingerprint density at radius 2 is 1.57 bits per heavy atom. The first-order chi connectivity index (χ1) is 19.4. The summed E-state index contributed by atoms with van der Waals surface area (Å²) in [6, 6.07) is 26.0. The van der Waals surface area contributed by atoms with Crippen LogP contribution in [-0.4, -0.2) is 40.9 Å². The van der Waals surface area contributed by atoms with Crippen molar-refractivity contribution in [1.82, 2.24) is 20.5 Å². The minimum Gasteiger partial charge on any atom is -0.372 e. The van der Waals surface area contributed by atoms with Gasteiger partial charge in [-0.05, 0) is 68.8 Å². The number of carbonyl (C=O) groups excluding carboxylic acids is 2. The maximum atomic E-state index is 13.2. The van der Waals surface area contributed by atoms with Crippen LogP contribution in [0.25, 0.3) is 11.8 Å². The van der Waals surface area contributed by atoms with Gasteiger partial charge in [-0.2, -0.15) is 10.2 Å². The van der Waals surface area contributed by atoms with E-state index in [0.717, 1.165) is 30.0 Å². The van der Waals surface area contributed by atoms with Gasteiger partial charge >= 0.3 is 0 Å². The Bertz CT molecular complexity index is 1510. The first kappa shape index (κ1) is 28.3. The third-order valence-electron chi connectivity index (χ3n) is 6.27. The van der Waals surface area contributed by atoms with Crippen LogP contribution in [0, 0.1) is 6.92 Å². The van der Waals surface area contributed by atoms with E-state index in [1.807, 2.05) is 67.6 Å². The number of anilines is 1. The molecule has 2 amide bonds. The standard InChI is InChI=1S/C31H31ClN6O2/c1-4-37(5-2)25-18-16-23(17-19-25)20-28(34-30(39)24-12-8-6-9-13-24)31(40)35-33-21-27-22(3)36-38(29(27)32)26-14-10-7-11-15-26/h6-21H,4-5H2,1-3H3,(H,34,39)(H,35,40)/b28-20-,33-21?. The third-order valence-corrected chi connectivity index (χ3v) is 6.63. The highest BCUT2D eigenvalue weighted by Crippen LogP contribution is 2.22. The highest BCUT2D eigenvalue weighted by Gasteiger charge is 2.16. The number of nitrogens with zero attached hydrogens (tertiary/aromatic N) is 4. The van der Waals surface area contributed by atoms with E-state index in [-0.39, 0.29) is 5.70 Å². The van der Waals surface area contributed by atoms with Gasteiger partial charge in [0.2, 0.25) is 0 Å². The quantitative estimate of drug-likeness (QED) is 0.152. The summed E-state index contributed by atoms with van der Waals surface area (Å²) < 4.78 is 1.60. The first-order valence-corrected chi connectivity index (χ1v) is 13.4. The lowest BCUT2D eigenvalue weighted by atomic mass is 10.1. The van der Waals surface area contributed by atoms with Crippen molar-refractivity contribution < 1.29 is 9.59 Å². The Labute approximate surface area is 239 Å². The van der Waals surface area contributed by atoms with Crippen LogP contribution in [0.2, 0.25) is 5.15 Å². The summed E-state index contributed by atoms with van der Waals surface area (Å²) in [5.41, 5.74) is 6.83. The zero-order valence-corrected chi connectivity index (χ0v) is 23.4. The Hall–Kier alpha value is -4.69. The van der Waals surface area contributed by atoms with Crippen LogP contribution in [0.5, 0.6) is 0 Å². The molecule has 40 heavy (non-hydrogen) atoms. The number of hydrogen-bond acceptors (Lipinski definition) is 5. The van der Waals surface area contributed by atoms with Gasteiger partial charge in [0.05, 0.1) is 23.2 Å². The number of halogens is 1. The van der Waals surface area contributed by atoms with Crippen LogP contribution in [0.1, 0.15) is 41.0 Å². The Kier molecular flexibility index (Phi) is 9.48. The largest absolute Gasteiger partial charge is 0.372 e. The molecular formula is C31H31ClN6O2. The van der Waals surface area contributed by atoms with Gasteiger partial charge < -0.3 is 10.2 Å². The van der Waals surface area contributed by atoms with Gasteiger partial charge in [0.25, 0.3) is 11.8 Å². The van der Waals surface area contributed by atoms with Crippen LogP contribution < -0.4 is 15.6 Å². The lowest BCUT2D eigenvalue weighted by Gasteiger charge is -2.20. The molecule has 8 nitrogen and oxygen atoms in total. The van der Waals surface area contributed by atoms with Gasteiger partial charge in [0.1, 0.15) is 10.9 Å². The third kappa shape index (κ3) is 6.84. The fourth-order valence-electron chi connectivity index (χ4n) is 4.09. The van der Waals surface area contributed by atoms with Gasteiger partial charge in [0.15, 0.2) is 0 Å². The first-order valence-electron chi connectivity index (χ1n) is 13.0. The van der Waals surface area contributed by atoms with E-state index in [1.54, 1.807) is 35.0 Å². The molecule has 0 saturated heterocycles. The fraction of sp³-hybridized carbons (Fsp3) is 0.161. The van der Waals surface area contributed by atoms with E-state index >= 15 is 0 Å². The van der Waals surface area contributed by atoms with E-state index < -0.39 is 11.8 Å². The Morgan fingerprint density at radius 3 is 2.20 bits per heavy atom. The second kappa shape index (κ2) is 13.4. The Morgan fingerprint density at radius 1 is 0.950 bits per heavy atom. The van der Waals surface area contributed by atoms with Gasteiger partial charge in [0, 0.05) is 24.3 Å². The highest BCUT2D eigenvalue weighted by molar-refractivity contribution is 6.32. The van der Waals surface area contributed by atoms with E-state index in [1.165, 1.54) is 6.21 Å². The van der Waals surface area contributed by atoms with Crippen LogP contribution in [0.4, 0.5) is 5.69 Å². The molecule has 0 aliphatic rings. The molecular weight excluding hydrogens is 524 g/mol. The van der Waals surface area contributed by atoms with Crippen molar-refractivity contribution in [3.63, 3.8) is 0 Å². The van der Waals surface area contributed by atoms with E-state index in [0.29, 0.717) is 22.0 Å². The number of rotatable bonds is 10. The zero-order chi connectivity index (χ0) is 28.5. The van der Waals surface area contributed by atoms with Gasteiger partial charge in [-0.25, -0.2) is 10.1 Å². The lowest BCUT2D eigenvalue weighted by Crippen LogP contribution is -2.32. The van der Waals surface area contributed by atoms with Crippen LogP contribution >= 0.6 is 11.6 Å². The van der Waals surface area contributed by atoms with E-state index in [4.69, 9.17) is 11.6 Å². The average Bonchev–Trinajstić information content (AvgIpc) is 3.27. The molecule has 3 aromatic carbocycles. The lowest BCUT2D eigenvalue weighted by molar-refractivity contribution is -0.117. The molecule has 2 N–H and O–H groups in total. The maximum Gasteiger partial charge on any atom is 0.287 e. The van der Waals surface area contributed by atoms with Crippen molar-refractivity contribution in [2.24, 2.45) is 5.10 Å². The number of amides is 2. The van der Waals surface area contributed by atoms with Gasteiger partial charge in [-0.15, -0.1) is 0 Å². The topological polar surface area (TPSA) is 91.6 Å². The number of benzene rings is 3. The van der Waals surface area contributed by atoms with Crippen LogP contribution in [0.3, 0.4) is 0 Å². The number of aryl methyl sites for hydroxylation is 1. The van der Waals surface area contributed by atoms with E-state index in [2.05, 4.69) is 39.7 Å². The van der Waals surface area contributed by atoms with Crippen molar-refractivity contribution in [3.05, 3.63) is 118 Å². The van der Waals surface area contributed by atoms with Crippen molar-refractivity contribution >= 4 is 41.4 Å². The zero-order valence-electron chi connectivity index (χ0n) is 22.6. The molecule has 4 rings (SSSR count). The van der Waals surface area contributed by atoms with Crippen molar-refractivity contribution in [2.45, 2.75) is 20.8 Å². The number of nitrogens with one attached hydrogen (secondary N) is 2. The summed E-state index contributed by atoms with van der Waals surface area (Å²) in [5, 5.41) is 11.7. The normalized spacial score (nSPS) is 11.4. The van der Waals surface area contributed by atoms with Crippen LogP contribution in [-0.2, 0) is 4.79 Å². The average molecular weight is 555 g/mol. The van der Waals surface area contributed by atoms with Gasteiger partial charge in [-0.1, -0.05) is 60.1 Å². The second-order valence-corrected chi connectivity index (χ2v) is 9.24. The van der Waals surface area contributed by atoms with Crippen molar-refractivity contribution in [1.29, 1.82) is 0 Å². The molecule has 204 valence electrons. The van der Waals surface area contributed by atoms with Crippen molar-refractivity contribution in [2.75, 3.05) is 18.0 Å². The summed E-state index contributed by atoms with van der Waals surface area (Å²) >= 11 is 6.57. The summed E-state index contributed by atoms with van der Waals surface area (Å²) in [6.45, 7) is 7.78. The number of aromatic nitrogens is 2. The predicted octanol–water partition coefficient (Wildman–Crippen LogP) is 5.60. The van der Waals surface area contributed by atoms with E-state index in [9.17, 15) is 9.59 Å².